The molecule has 0 aliphatic carbocycles. The predicted molar refractivity (Wildman–Crippen MR) is 95.4 cm³/mol. The molecule has 0 saturated heterocycles. The molecule has 0 aromatic rings. The Morgan fingerprint density at radius 3 is 1.23 bits per heavy atom. The Balaban J connectivity index is 3.75. The van der Waals surface area contributed by atoms with E-state index in [1.54, 1.807) is 0 Å². The van der Waals surface area contributed by atoms with Crippen LogP contribution in [0.2, 0.25) is 0 Å². The molecule has 0 rings (SSSR count). The molecular weight excluding hydrogens is 295 g/mol. The van der Waals surface area contributed by atoms with Crippen molar-refractivity contribution in [2.45, 2.75) is 91.9 Å². The quantitative estimate of drug-likeness (QED) is 0.288. The van der Waals surface area contributed by atoms with Crippen LogP contribution in [0.5, 0.6) is 0 Å². The molecule has 0 heterocycles. The lowest BCUT2D eigenvalue weighted by Crippen LogP contribution is -2.05. The van der Waals surface area contributed by atoms with Gasteiger partial charge in [-0.3, -0.25) is 0 Å². The van der Waals surface area contributed by atoms with Crippen LogP contribution in [0, 0.1) is 11.8 Å². The Morgan fingerprint density at radius 2 is 0.955 bits per heavy atom. The van der Waals surface area contributed by atoms with Gasteiger partial charge >= 0.3 is 8.25 Å². The van der Waals surface area contributed by atoms with E-state index in [9.17, 15) is 4.57 Å². The summed E-state index contributed by atoms with van der Waals surface area (Å²) in [6, 6.07) is 0. The smallest absolute Gasteiger partial charge is 0.119 e. The first-order valence-electron chi connectivity index (χ1n) is 9.40. The highest BCUT2D eigenvalue weighted by atomic mass is 31.1. The molecule has 0 aliphatic rings. The predicted octanol–water partition coefficient (Wildman–Crippen LogP) is 6.89. The Kier molecular flexibility index (Phi) is 15.9. The van der Waals surface area contributed by atoms with Crippen LogP contribution >= 0.6 is 8.25 Å². The van der Waals surface area contributed by atoms with Gasteiger partial charge < -0.3 is 0 Å². The molecule has 132 valence electrons. The van der Waals surface area contributed by atoms with Crippen molar-refractivity contribution < 1.29 is 13.6 Å². The molecule has 3 nitrogen and oxygen atoms in total. The molecule has 0 atom stereocenters. The molecular formula is C18H38O3P+. The molecule has 4 heteroatoms. The Morgan fingerprint density at radius 1 is 0.636 bits per heavy atom. The molecule has 0 N–H and O–H groups in total. The normalized spacial score (nSPS) is 11.5. The van der Waals surface area contributed by atoms with E-state index < -0.39 is 8.25 Å². The van der Waals surface area contributed by atoms with Gasteiger partial charge in [0.15, 0.2) is 0 Å². The highest BCUT2D eigenvalue weighted by molar-refractivity contribution is 7.33. The molecule has 0 aromatic carbocycles. The highest BCUT2D eigenvalue weighted by Crippen LogP contribution is 2.28. The summed E-state index contributed by atoms with van der Waals surface area (Å²) in [5, 5.41) is 0. The zero-order valence-corrected chi connectivity index (χ0v) is 16.2. The number of hydrogen-bond acceptors (Lipinski definition) is 3. The second-order valence-electron chi connectivity index (χ2n) is 6.35. The standard InChI is InChI=1S/C18H38O3P/c1-5-9-17(10-6-2)13-15-20-22(19)21-16-14-18(11-7-3)12-8-4/h17-18H,5-16H2,1-4H3/q+1. The number of hydrogen-bond donors (Lipinski definition) is 0. The van der Waals surface area contributed by atoms with Gasteiger partial charge in [-0.1, -0.05) is 79.1 Å². The van der Waals surface area contributed by atoms with Gasteiger partial charge in [-0.15, -0.1) is 9.05 Å². The minimum atomic E-state index is -1.93. The summed E-state index contributed by atoms with van der Waals surface area (Å²) >= 11 is 0. The van der Waals surface area contributed by atoms with E-state index in [2.05, 4.69) is 27.7 Å². The Labute approximate surface area is 139 Å². The van der Waals surface area contributed by atoms with Crippen LogP contribution in [0.1, 0.15) is 91.9 Å². The van der Waals surface area contributed by atoms with E-state index in [1.807, 2.05) is 0 Å². The fraction of sp³-hybridized carbons (Fsp3) is 1.00. The van der Waals surface area contributed by atoms with Crippen LogP contribution in [-0.2, 0) is 13.6 Å². The van der Waals surface area contributed by atoms with Crippen molar-refractivity contribution in [1.29, 1.82) is 0 Å². The molecule has 0 spiro atoms. The van der Waals surface area contributed by atoms with E-state index in [4.69, 9.17) is 9.05 Å². The Hall–Kier alpha value is 0.0200. The topological polar surface area (TPSA) is 35.5 Å². The van der Waals surface area contributed by atoms with Gasteiger partial charge in [0.05, 0.1) is 0 Å². The Bertz CT molecular complexity index is 223. The van der Waals surface area contributed by atoms with Crippen LogP contribution in [0.4, 0.5) is 0 Å². The summed E-state index contributed by atoms with van der Waals surface area (Å²) in [4.78, 5) is 0. The minimum Gasteiger partial charge on any atom is -0.119 e. The minimum absolute atomic E-state index is 0.563. The second-order valence-corrected chi connectivity index (χ2v) is 7.32. The van der Waals surface area contributed by atoms with E-state index in [0.29, 0.717) is 25.0 Å². The van der Waals surface area contributed by atoms with Gasteiger partial charge in [-0.05, 0) is 24.7 Å². The van der Waals surface area contributed by atoms with Crippen LogP contribution in [0.25, 0.3) is 0 Å². The average molecular weight is 333 g/mol. The lowest BCUT2D eigenvalue weighted by atomic mass is 9.95. The number of rotatable bonds is 16. The summed E-state index contributed by atoms with van der Waals surface area (Å²) in [6.07, 6.45) is 11.8. The van der Waals surface area contributed by atoms with Gasteiger partial charge in [0.25, 0.3) is 0 Å². The van der Waals surface area contributed by atoms with E-state index in [-0.39, 0.29) is 0 Å². The lowest BCUT2D eigenvalue weighted by molar-refractivity contribution is 0.196. The van der Waals surface area contributed by atoms with Crippen molar-refractivity contribution in [1.82, 2.24) is 0 Å². The average Bonchev–Trinajstić information content (AvgIpc) is 2.48. The summed E-state index contributed by atoms with van der Waals surface area (Å²) in [6.45, 7) is 10.00. The van der Waals surface area contributed by atoms with Crippen molar-refractivity contribution in [2.75, 3.05) is 13.2 Å². The van der Waals surface area contributed by atoms with Crippen LogP contribution in [0.15, 0.2) is 0 Å². The third-order valence-corrected chi connectivity index (χ3v) is 5.02. The first-order valence-corrected chi connectivity index (χ1v) is 10.5. The lowest BCUT2D eigenvalue weighted by Gasteiger charge is -2.13. The third kappa shape index (κ3) is 12.6. The first-order chi connectivity index (χ1) is 10.7. The molecule has 0 saturated carbocycles. The molecule has 0 radical (unpaired) electrons. The molecule has 0 bridgehead atoms. The molecule has 0 unspecified atom stereocenters. The monoisotopic (exact) mass is 333 g/mol. The largest absolute Gasteiger partial charge is 0.697 e. The summed E-state index contributed by atoms with van der Waals surface area (Å²) < 4.78 is 22.4. The van der Waals surface area contributed by atoms with Crippen molar-refractivity contribution >= 4 is 8.25 Å². The van der Waals surface area contributed by atoms with Crippen LogP contribution in [0.3, 0.4) is 0 Å². The van der Waals surface area contributed by atoms with Crippen molar-refractivity contribution in [2.24, 2.45) is 11.8 Å². The van der Waals surface area contributed by atoms with Gasteiger partial charge in [-0.2, -0.15) is 0 Å². The SMILES string of the molecule is CCCC(CCC)CCO[P+](=O)OCCC(CCC)CCC. The zero-order chi connectivity index (χ0) is 16.6. The molecule has 0 amide bonds. The van der Waals surface area contributed by atoms with Gasteiger partial charge in [0.2, 0.25) is 0 Å². The van der Waals surface area contributed by atoms with Crippen molar-refractivity contribution in [3.63, 3.8) is 0 Å². The fourth-order valence-electron chi connectivity index (χ4n) is 3.12. The summed E-state index contributed by atoms with van der Waals surface area (Å²) in [7, 11) is -1.93. The molecule has 22 heavy (non-hydrogen) atoms. The van der Waals surface area contributed by atoms with Crippen LogP contribution in [-0.4, -0.2) is 13.2 Å². The molecule has 0 fully saturated rings. The molecule has 0 aromatic heterocycles. The summed E-state index contributed by atoms with van der Waals surface area (Å²) in [5.41, 5.74) is 0. The van der Waals surface area contributed by atoms with E-state index >= 15 is 0 Å². The van der Waals surface area contributed by atoms with Crippen molar-refractivity contribution in [3.05, 3.63) is 0 Å². The highest BCUT2D eigenvalue weighted by Gasteiger charge is 2.21. The molecule has 0 aliphatic heterocycles. The fourth-order valence-corrected chi connectivity index (χ4v) is 3.71. The first kappa shape index (κ1) is 22.0. The third-order valence-electron chi connectivity index (χ3n) is 4.23. The zero-order valence-electron chi connectivity index (χ0n) is 15.3. The second kappa shape index (κ2) is 15.9. The van der Waals surface area contributed by atoms with Crippen molar-refractivity contribution in [3.8, 4) is 0 Å². The van der Waals surface area contributed by atoms with Gasteiger partial charge in [0.1, 0.15) is 13.2 Å². The van der Waals surface area contributed by atoms with E-state index in [0.717, 1.165) is 12.8 Å². The maximum atomic E-state index is 11.7. The van der Waals surface area contributed by atoms with Gasteiger partial charge in [0, 0.05) is 4.57 Å². The maximum Gasteiger partial charge on any atom is 0.697 e. The van der Waals surface area contributed by atoms with E-state index in [1.165, 1.54) is 51.4 Å². The van der Waals surface area contributed by atoms with Gasteiger partial charge in [-0.25, -0.2) is 0 Å². The summed E-state index contributed by atoms with van der Waals surface area (Å²) in [5.74, 6) is 1.41. The van der Waals surface area contributed by atoms with Crippen LogP contribution < -0.4 is 0 Å². The maximum absolute atomic E-state index is 11.7.